The molecule has 0 saturated heterocycles. The summed E-state index contributed by atoms with van der Waals surface area (Å²) in [6.07, 6.45) is 3.72. The monoisotopic (exact) mass is 617 g/mol. The Morgan fingerprint density at radius 1 is 0.604 bits per heavy atom. The molecular formula is C45H35N3. The molecule has 48 heavy (non-hydrogen) atoms. The average molecular weight is 618 g/mol. The Morgan fingerprint density at radius 2 is 1.17 bits per heavy atom. The van der Waals surface area contributed by atoms with Crippen LogP contribution in [0, 0.1) is 0 Å². The van der Waals surface area contributed by atoms with Gasteiger partial charge in [-0.3, -0.25) is 4.90 Å². The predicted molar refractivity (Wildman–Crippen MR) is 204 cm³/mol. The molecule has 0 unspecified atom stereocenters. The van der Waals surface area contributed by atoms with Crippen molar-refractivity contribution >= 4 is 39.8 Å². The van der Waals surface area contributed by atoms with E-state index in [9.17, 15) is 0 Å². The van der Waals surface area contributed by atoms with Crippen molar-refractivity contribution < 1.29 is 0 Å². The van der Waals surface area contributed by atoms with Crippen molar-refractivity contribution in [1.29, 1.82) is 0 Å². The van der Waals surface area contributed by atoms with Crippen LogP contribution < -0.4 is 4.90 Å². The normalized spacial score (nSPS) is 13.8. The van der Waals surface area contributed by atoms with E-state index >= 15 is 0 Å². The molecule has 1 aliphatic heterocycles. The molecule has 7 aromatic rings. The highest BCUT2D eigenvalue weighted by atomic mass is 15.3. The zero-order chi connectivity index (χ0) is 32.8. The molecule has 0 bridgehead atoms. The average Bonchev–Trinajstić information content (AvgIpc) is 3.14. The van der Waals surface area contributed by atoms with Crippen molar-refractivity contribution in [2.45, 2.75) is 19.3 Å². The summed E-state index contributed by atoms with van der Waals surface area (Å²) in [5, 5.41) is 5.00. The van der Waals surface area contributed by atoms with Crippen LogP contribution in [0.25, 0.3) is 54.9 Å². The molecule has 2 heterocycles. The van der Waals surface area contributed by atoms with Crippen molar-refractivity contribution in [2.24, 2.45) is 4.99 Å². The minimum Gasteiger partial charge on any atom is -0.278 e. The third-order valence-electron chi connectivity index (χ3n) is 9.75. The first-order chi connectivity index (χ1) is 23.5. The maximum Gasteiger partial charge on any atom is 0.142 e. The van der Waals surface area contributed by atoms with Gasteiger partial charge in [-0.25, -0.2) is 9.98 Å². The van der Waals surface area contributed by atoms with Crippen LogP contribution in [-0.4, -0.2) is 11.7 Å². The molecule has 0 spiro atoms. The quantitative estimate of drug-likeness (QED) is 0.137. The summed E-state index contributed by atoms with van der Waals surface area (Å²) in [4.78, 5) is 11.3. The summed E-state index contributed by atoms with van der Waals surface area (Å²) < 4.78 is 0. The van der Waals surface area contributed by atoms with Crippen molar-refractivity contribution in [1.82, 2.24) is 4.98 Å². The number of nitrogens with zero attached hydrogens (tertiary/aromatic N) is 3. The fourth-order valence-corrected chi connectivity index (χ4v) is 7.50. The first-order valence-corrected chi connectivity index (χ1v) is 16.3. The second kappa shape index (κ2) is 11.6. The zero-order valence-electron chi connectivity index (χ0n) is 27.2. The number of anilines is 2. The van der Waals surface area contributed by atoms with Crippen molar-refractivity contribution in [2.75, 3.05) is 4.90 Å². The first-order valence-electron chi connectivity index (χ1n) is 16.3. The van der Waals surface area contributed by atoms with E-state index in [1.54, 1.807) is 0 Å². The molecule has 8 rings (SSSR count). The lowest BCUT2D eigenvalue weighted by Crippen LogP contribution is -2.33. The van der Waals surface area contributed by atoms with Crippen molar-refractivity contribution in [3.8, 4) is 33.4 Å². The highest BCUT2D eigenvalue weighted by Crippen LogP contribution is 2.50. The fraction of sp³-hybridized carbons (Fsp3) is 0.0667. The Labute approximate surface area is 281 Å². The molecule has 0 amide bonds. The lowest BCUT2D eigenvalue weighted by atomic mass is 9.73. The third-order valence-corrected chi connectivity index (χ3v) is 9.75. The molecule has 1 aromatic heterocycles. The fourth-order valence-electron chi connectivity index (χ4n) is 7.50. The number of aromatic nitrogens is 1. The molecule has 6 aromatic carbocycles. The second-order valence-electron chi connectivity index (χ2n) is 12.8. The molecule has 0 saturated carbocycles. The molecule has 3 heteroatoms. The lowest BCUT2D eigenvalue weighted by molar-refractivity contribution is 0.616. The number of benzene rings is 6. The minimum atomic E-state index is -0.355. The van der Waals surface area contributed by atoms with Gasteiger partial charge in [-0.15, -0.1) is 0 Å². The van der Waals surface area contributed by atoms with Gasteiger partial charge in [0.15, 0.2) is 0 Å². The van der Waals surface area contributed by atoms with E-state index in [-0.39, 0.29) is 5.41 Å². The highest BCUT2D eigenvalue weighted by Gasteiger charge is 2.38. The van der Waals surface area contributed by atoms with Crippen LogP contribution in [0.2, 0.25) is 0 Å². The summed E-state index contributed by atoms with van der Waals surface area (Å²) >= 11 is 0. The summed E-state index contributed by atoms with van der Waals surface area (Å²) in [5.41, 5.74) is 10.1. The number of rotatable bonds is 6. The van der Waals surface area contributed by atoms with Crippen LogP contribution in [0.4, 0.5) is 11.5 Å². The van der Waals surface area contributed by atoms with E-state index in [1.165, 1.54) is 49.4 Å². The smallest absolute Gasteiger partial charge is 0.142 e. The van der Waals surface area contributed by atoms with E-state index in [2.05, 4.69) is 163 Å². The lowest BCUT2D eigenvalue weighted by Gasteiger charge is -2.41. The Morgan fingerprint density at radius 3 is 1.77 bits per heavy atom. The van der Waals surface area contributed by atoms with Crippen LogP contribution in [-0.2, 0) is 5.41 Å². The third kappa shape index (κ3) is 4.58. The van der Waals surface area contributed by atoms with Gasteiger partial charge in [0.05, 0.1) is 5.69 Å². The van der Waals surface area contributed by atoms with Gasteiger partial charge in [0.2, 0.25) is 0 Å². The SMILES string of the molecule is C=CC1=C(N=C)N(c2ccccn2)c2ccc(-c3cccc(-c4c5ccccc5c(-c5ccccc5)c5ccccc45)c3)cc2C1(C)C. The van der Waals surface area contributed by atoms with Gasteiger partial charge < -0.3 is 0 Å². The number of pyridine rings is 1. The first kappa shape index (κ1) is 29.3. The summed E-state index contributed by atoms with van der Waals surface area (Å²) in [5.74, 6) is 1.55. The zero-order valence-corrected chi connectivity index (χ0v) is 27.2. The van der Waals surface area contributed by atoms with Crippen LogP contribution in [0.1, 0.15) is 19.4 Å². The van der Waals surface area contributed by atoms with Crippen molar-refractivity contribution in [3.05, 3.63) is 175 Å². The number of aliphatic imine (C=N–C) groups is 1. The molecule has 0 radical (unpaired) electrons. The molecular weight excluding hydrogens is 583 g/mol. The van der Waals surface area contributed by atoms with Crippen LogP contribution in [0.5, 0.6) is 0 Å². The van der Waals surface area contributed by atoms with E-state index in [4.69, 9.17) is 0 Å². The molecule has 1 aliphatic rings. The van der Waals surface area contributed by atoms with E-state index in [0.29, 0.717) is 0 Å². The molecule has 0 aliphatic carbocycles. The molecule has 0 atom stereocenters. The predicted octanol–water partition coefficient (Wildman–Crippen LogP) is 11.9. The largest absolute Gasteiger partial charge is 0.278 e. The molecule has 0 fully saturated rings. The van der Waals surface area contributed by atoms with Gasteiger partial charge in [-0.05, 0) is 97.5 Å². The number of hydrogen-bond acceptors (Lipinski definition) is 3. The standard InChI is InChI=1S/C45H35N3/c1-5-38-44(46-4)48(41-24-13-14-27-47-41)40-26-25-32(29-39(40)45(38,2)3)31-18-15-19-33(28-31)43-36-22-11-9-20-34(36)42(30-16-7-6-8-17-30)35-21-10-12-23-37(35)43/h5-29H,1,4H2,2-3H3. The van der Waals surface area contributed by atoms with Gasteiger partial charge in [-0.2, -0.15) is 0 Å². The highest BCUT2D eigenvalue weighted by molar-refractivity contribution is 6.21. The van der Waals surface area contributed by atoms with Gasteiger partial charge in [0.25, 0.3) is 0 Å². The number of hydrogen-bond donors (Lipinski definition) is 0. The van der Waals surface area contributed by atoms with E-state index in [1.807, 2.05) is 30.5 Å². The summed E-state index contributed by atoms with van der Waals surface area (Å²) in [7, 11) is 0. The van der Waals surface area contributed by atoms with Gasteiger partial charge in [-0.1, -0.05) is 136 Å². The van der Waals surface area contributed by atoms with E-state index in [0.717, 1.165) is 34.0 Å². The van der Waals surface area contributed by atoms with Gasteiger partial charge in [0.1, 0.15) is 11.6 Å². The van der Waals surface area contributed by atoms with E-state index < -0.39 is 0 Å². The maximum atomic E-state index is 4.69. The van der Waals surface area contributed by atoms with Gasteiger partial charge >= 0.3 is 0 Å². The van der Waals surface area contributed by atoms with Crippen LogP contribution >= 0.6 is 0 Å². The molecule has 0 N–H and O–H groups in total. The molecule has 230 valence electrons. The van der Waals surface area contributed by atoms with Gasteiger partial charge in [0, 0.05) is 17.2 Å². The Bertz CT molecular complexity index is 2340. The van der Waals surface area contributed by atoms with Crippen molar-refractivity contribution in [3.63, 3.8) is 0 Å². The van der Waals surface area contributed by atoms with Crippen LogP contribution in [0.3, 0.4) is 0 Å². The summed E-state index contributed by atoms with van der Waals surface area (Å²) in [6.45, 7) is 12.6. The minimum absolute atomic E-state index is 0.355. The summed E-state index contributed by atoms with van der Waals surface area (Å²) in [6, 6.07) is 50.0. The second-order valence-corrected chi connectivity index (χ2v) is 12.8. The van der Waals surface area contributed by atoms with Crippen LogP contribution in [0.15, 0.2) is 175 Å². The Balaban J connectivity index is 1.33. The Hall–Kier alpha value is -6.06. The number of allylic oxidation sites excluding steroid dienone is 2. The Kier molecular flexibility index (Phi) is 7.11. The number of fused-ring (bicyclic) bond motifs is 3. The molecule has 3 nitrogen and oxygen atoms in total. The maximum absolute atomic E-state index is 4.69. The topological polar surface area (TPSA) is 28.5 Å².